The minimum absolute atomic E-state index is 0.0223. The van der Waals surface area contributed by atoms with Gasteiger partial charge in [0, 0.05) is 35.3 Å². The Hall–Kier alpha value is -2.33. The van der Waals surface area contributed by atoms with Crippen LogP contribution in [0.5, 0.6) is 0 Å². The van der Waals surface area contributed by atoms with Gasteiger partial charge in [0.15, 0.2) is 0 Å². The molecule has 1 N–H and O–H groups in total. The van der Waals surface area contributed by atoms with Crippen molar-refractivity contribution in [1.29, 1.82) is 0 Å². The maximum absolute atomic E-state index is 12.6. The van der Waals surface area contributed by atoms with Gasteiger partial charge in [0.2, 0.25) is 0 Å². The molecule has 1 atom stereocenters. The molecule has 1 aliphatic rings. The zero-order chi connectivity index (χ0) is 17.8. The second-order valence-electron chi connectivity index (χ2n) is 6.44. The molecule has 0 spiro atoms. The molecule has 25 heavy (non-hydrogen) atoms. The average molecular weight is 357 g/mol. The Balaban J connectivity index is 1.62. The molecule has 3 rings (SSSR count). The number of amides is 2. The molecule has 1 aliphatic heterocycles. The van der Waals surface area contributed by atoms with E-state index in [0.29, 0.717) is 29.2 Å². The fourth-order valence-corrected chi connectivity index (χ4v) is 3.15. The second-order valence-corrected chi connectivity index (χ2v) is 6.87. The van der Waals surface area contributed by atoms with Crippen molar-refractivity contribution in [1.82, 2.24) is 10.2 Å². The number of nitrogens with zero attached hydrogens (tertiary/aromatic N) is 1. The Kier molecular flexibility index (Phi) is 5.39. The van der Waals surface area contributed by atoms with E-state index in [-0.39, 0.29) is 17.9 Å². The van der Waals surface area contributed by atoms with E-state index in [0.717, 1.165) is 18.4 Å². The van der Waals surface area contributed by atoms with Crippen LogP contribution in [0.1, 0.15) is 39.1 Å². The van der Waals surface area contributed by atoms with E-state index in [2.05, 4.69) is 5.32 Å². The highest BCUT2D eigenvalue weighted by Gasteiger charge is 2.25. The van der Waals surface area contributed by atoms with E-state index in [1.165, 1.54) is 0 Å². The lowest BCUT2D eigenvalue weighted by molar-refractivity contribution is 0.0676. The molecule has 2 aromatic carbocycles. The number of carbonyl (C=O) groups excluding carboxylic acids is 2. The first kappa shape index (κ1) is 17.5. The number of hydrogen-bond acceptors (Lipinski definition) is 2. The summed E-state index contributed by atoms with van der Waals surface area (Å²) in [4.78, 5) is 26.8. The molecule has 1 fully saturated rings. The van der Waals surface area contributed by atoms with Gasteiger partial charge in [-0.1, -0.05) is 29.3 Å². The molecule has 0 radical (unpaired) electrons. The minimum atomic E-state index is -0.0919. The van der Waals surface area contributed by atoms with E-state index < -0.39 is 0 Å². The van der Waals surface area contributed by atoms with Crippen LogP contribution in [0.4, 0.5) is 0 Å². The fourth-order valence-electron chi connectivity index (χ4n) is 3.03. The summed E-state index contributed by atoms with van der Waals surface area (Å²) in [5, 5.41) is 3.66. The summed E-state index contributed by atoms with van der Waals surface area (Å²) in [5.41, 5.74) is 2.38. The molecule has 0 aliphatic carbocycles. The zero-order valence-electron chi connectivity index (χ0n) is 14.2. The number of piperidine rings is 1. The number of hydrogen-bond donors (Lipinski definition) is 1. The van der Waals surface area contributed by atoms with Crippen LogP contribution in [-0.4, -0.2) is 35.8 Å². The van der Waals surface area contributed by atoms with Crippen LogP contribution in [0.15, 0.2) is 48.5 Å². The van der Waals surface area contributed by atoms with Gasteiger partial charge < -0.3 is 10.2 Å². The van der Waals surface area contributed by atoms with Gasteiger partial charge in [-0.05, 0) is 56.2 Å². The third-order valence-corrected chi connectivity index (χ3v) is 4.70. The van der Waals surface area contributed by atoms with Crippen molar-refractivity contribution in [3.05, 3.63) is 70.2 Å². The molecule has 1 heterocycles. The Labute approximate surface area is 152 Å². The molecule has 2 amide bonds. The monoisotopic (exact) mass is 356 g/mol. The van der Waals surface area contributed by atoms with Gasteiger partial charge in [0.25, 0.3) is 11.8 Å². The summed E-state index contributed by atoms with van der Waals surface area (Å²) in [7, 11) is 0. The van der Waals surface area contributed by atoms with Crippen LogP contribution in [0.2, 0.25) is 5.02 Å². The Morgan fingerprint density at radius 2 is 1.68 bits per heavy atom. The smallest absolute Gasteiger partial charge is 0.253 e. The maximum Gasteiger partial charge on any atom is 0.253 e. The number of aryl methyl sites for hydroxylation is 1. The van der Waals surface area contributed by atoms with E-state index in [4.69, 9.17) is 11.6 Å². The molecule has 4 nitrogen and oxygen atoms in total. The standard InChI is InChI=1S/C20H21ClN2O2/c1-14-4-6-15(7-5-14)19(24)22-18-3-2-12-23(13-18)20(25)16-8-10-17(21)11-9-16/h4-11,18H,2-3,12-13H2,1H3,(H,22,24)/t18-/m1/s1. The Bertz CT molecular complexity index is 756. The first-order valence-electron chi connectivity index (χ1n) is 8.45. The fraction of sp³-hybridized carbons (Fsp3) is 0.300. The van der Waals surface area contributed by atoms with Crippen LogP contribution in [0.25, 0.3) is 0 Å². The van der Waals surface area contributed by atoms with E-state index in [1.807, 2.05) is 31.2 Å². The minimum Gasteiger partial charge on any atom is -0.348 e. The Morgan fingerprint density at radius 3 is 2.36 bits per heavy atom. The Morgan fingerprint density at radius 1 is 1.04 bits per heavy atom. The summed E-state index contributed by atoms with van der Waals surface area (Å²) < 4.78 is 0. The number of likely N-dealkylation sites (tertiary alicyclic amines) is 1. The lowest BCUT2D eigenvalue weighted by Gasteiger charge is -2.33. The number of rotatable bonds is 3. The van der Waals surface area contributed by atoms with Crippen molar-refractivity contribution in [2.24, 2.45) is 0 Å². The summed E-state index contributed by atoms with van der Waals surface area (Å²) in [6, 6.07) is 14.4. The number of benzene rings is 2. The van der Waals surface area contributed by atoms with E-state index in [9.17, 15) is 9.59 Å². The highest BCUT2D eigenvalue weighted by atomic mass is 35.5. The average Bonchev–Trinajstić information content (AvgIpc) is 2.62. The first-order chi connectivity index (χ1) is 12.0. The van der Waals surface area contributed by atoms with Gasteiger partial charge in [-0.2, -0.15) is 0 Å². The lowest BCUT2D eigenvalue weighted by Crippen LogP contribution is -2.49. The zero-order valence-corrected chi connectivity index (χ0v) is 14.9. The SMILES string of the molecule is Cc1ccc(C(=O)N[C@@H]2CCCN(C(=O)c3ccc(Cl)cc3)C2)cc1. The number of halogens is 1. The van der Waals surface area contributed by atoms with Crippen LogP contribution in [-0.2, 0) is 0 Å². The number of carbonyl (C=O) groups is 2. The molecular formula is C20H21ClN2O2. The van der Waals surface area contributed by atoms with Gasteiger partial charge in [0.05, 0.1) is 0 Å². The molecule has 2 aromatic rings. The van der Waals surface area contributed by atoms with Gasteiger partial charge in [-0.3, -0.25) is 9.59 Å². The topological polar surface area (TPSA) is 49.4 Å². The van der Waals surface area contributed by atoms with Gasteiger partial charge in [-0.25, -0.2) is 0 Å². The summed E-state index contributed by atoms with van der Waals surface area (Å²) in [6.07, 6.45) is 1.75. The summed E-state index contributed by atoms with van der Waals surface area (Å²) in [5.74, 6) is -0.114. The quantitative estimate of drug-likeness (QED) is 0.911. The van der Waals surface area contributed by atoms with Crippen LogP contribution in [0.3, 0.4) is 0 Å². The van der Waals surface area contributed by atoms with Crippen molar-refractivity contribution in [2.75, 3.05) is 13.1 Å². The van der Waals surface area contributed by atoms with Crippen molar-refractivity contribution in [2.45, 2.75) is 25.8 Å². The third-order valence-electron chi connectivity index (χ3n) is 4.45. The third kappa shape index (κ3) is 4.40. The highest BCUT2D eigenvalue weighted by molar-refractivity contribution is 6.30. The highest BCUT2D eigenvalue weighted by Crippen LogP contribution is 2.16. The predicted octanol–water partition coefficient (Wildman–Crippen LogP) is 3.68. The lowest BCUT2D eigenvalue weighted by atomic mass is 10.0. The largest absolute Gasteiger partial charge is 0.348 e. The van der Waals surface area contributed by atoms with Crippen molar-refractivity contribution >= 4 is 23.4 Å². The normalized spacial score (nSPS) is 17.2. The molecule has 0 unspecified atom stereocenters. The second kappa shape index (κ2) is 7.70. The van der Waals surface area contributed by atoms with Crippen molar-refractivity contribution in [3.8, 4) is 0 Å². The molecule has 0 aromatic heterocycles. The van der Waals surface area contributed by atoms with Crippen molar-refractivity contribution in [3.63, 3.8) is 0 Å². The number of nitrogens with one attached hydrogen (secondary N) is 1. The van der Waals surface area contributed by atoms with Crippen LogP contribution in [0, 0.1) is 6.92 Å². The van der Waals surface area contributed by atoms with Crippen LogP contribution >= 0.6 is 11.6 Å². The van der Waals surface area contributed by atoms with Gasteiger partial charge in [0.1, 0.15) is 0 Å². The molecule has 0 bridgehead atoms. The summed E-state index contributed by atoms with van der Waals surface area (Å²) >= 11 is 5.88. The van der Waals surface area contributed by atoms with E-state index >= 15 is 0 Å². The molecule has 0 saturated carbocycles. The van der Waals surface area contributed by atoms with Crippen LogP contribution < -0.4 is 5.32 Å². The molecule has 5 heteroatoms. The predicted molar refractivity (Wildman–Crippen MR) is 99.0 cm³/mol. The summed E-state index contributed by atoms with van der Waals surface area (Å²) in [6.45, 7) is 3.22. The van der Waals surface area contributed by atoms with Gasteiger partial charge >= 0.3 is 0 Å². The van der Waals surface area contributed by atoms with E-state index in [1.54, 1.807) is 29.2 Å². The first-order valence-corrected chi connectivity index (χ1v) is 8.83. The molecule has 130 valence electrons. The molecular weight excluding hydrogens is 336 g/mol. The van der Waals surface area contributed by atoms with Gasteiger partial charge in [-0.15, -0.1) is 0 Å². The molecule has 1 saturated heterocycles. The van der Waals surface area contributed by atoms with Crippen molar-refractivity contribution < 1.29 is 9.59 Å². The maximum atomic E-state index is 12.6.